The van der Waals surface area contributed by atoms with Crippen molar-refractivity contribution in [2.45, 2.75) is 13.8 Å². The smallest absolute Gasteiger partial charge is 0.122 e. The van der Waals surface area contributed by atoms with Crippen molar-refractivity contribution in [3.8, 4) is 11.5 Å². The molecular formula is C16H19NO2. The van der Waals surface area contributed by atoms with E-state index in [0.29, 0.717) is 13.2 Å². The third kappa shape index (κ3) is 3.65. The Morgan fingerprint density at radius 3 is 2.32 bits per heavy atom. The predicted molar refractivity (Wildman–Crippen MR) is 77.8 cm³/mol. The van der Waals surface area contributed by atoms with Gasteiger partial charge >= 0.3 is 0 Å². The molecule has 100 valence electrons. The fourth-order valence-electron chi connectivity index (χ4n) is 1.80. The molecule has 0 radical (unpaired) electrons. The van der Waals surface area contributed by atoms with Crippen molar-refractivity contribution in [1.82, 2.24) is 0 Å². The van der Waals surface area contributed by atoms with Gasteiger partial charge in [-0.25, -0.2) is 0 Å². The number of para-hydroxylation sites is 1. The second kappa shape index (κ2) is 6.14. The Kier molecular flexibility index (Phi) is 4.29. The number of nitrogen functional groups attached to an aromatic ring is 1. The Morgan fingerprint density at radius 2 is 1.58 bits per heavy atom. The summed E-state index contributed by atoms with van der Waals surface area (Å²) < 4.78 is 11.3. The lowest BCUT2D eigenvalue weighted by Gasteiger charge is -2.12. The van der Waals surface area contributed by atoms with Gasteiger partial charge in [0.05, 0.1) is 0 Å². The van der Waals surface area contributed by atoms with Crippen LogP contribution in [0.4, 0.5) is 5.69 Å². The predicted octanol–water partition coefficient (Wildman–Crippen LogP) is 3.34. The van der Waals surface area contributed by atoms with Crippen LogP contribution in [0.5, 0.6) is 11.5 Å². The molecule has 2 N–H and O–H groups in total. The van der Waals surface area contributed by atoms with Crippen molar-refractivity contribution in [3.05, 3.63) is 53.6 Å². The summed E-state index contributed by atoms with van der Waals surface area (Å²) in [7, 11) is 0. The maximum absolute atomic E-state index is 5.84. The summed E-state index contributed by atoms with van der Waals surface area (Å²) in [6.45, 7) is 5.00. The molecule has 0 amide bonds. The molecule has 3 nitrogen and oxygen atoms in total. The van der Waals surface area contributed by atoms with Crippen LogP contribution in [0.1, 0.15) is 11.1 Å². The van der Waals surface area contributed by atoms with Gasteiger partial charge in [-0.1, -0.05) is 18.2 Å². The molecule has 0 aliphatic carbocycles. The molecular weight excluding hydrogens is 238 g/mol. The van der Waals surface area contributed by atoms with Crippen molar-refractivity contribution < 1.29 is 9.47 Å². The lowest BCUT2D eigenvalue weighted by Crippen LogP contribution is -2.09. The minimum atomic E-state index is 0.513. The summed E-state index contributed by atoms with van der Waals surface area (Å²) in [5.74, 6) is 1.72. The van der Waals surface area contributed by atoms with E-state index in [2.05, 4.69) is 0 Å². The third-order valence-electron chi connectivity index (χ3n) is 2.92. The van der Waals surface area contributed by atoms with Gasteiger partial charge in [-0.2, -0.15) is 0 Å². The molecule has 0 aliphatic heterocycles. The summed E-state index contributed by atoms with van der Waals surface area (Å²) in [6, 6.07) is 13.6. The quantitative estimate of drug-likeness (QED) is 0.660. The highest BCUT2D eigenvalue weighted by Crippen LogP contribution is 2.24. The first-order valence-corrected chi connectivity index (χ1v) is 6.34. The Balaban J connectivity index is 1.85. The zero-order chi connectivity index (χ0) is 13.7. The largest absolute Gasteiger partial charge is 0.490 e. The topological polar surface area (TPSA) is 44.5 Å². The molecule has 3 heteroatoms. The number of ether oxygens (including phenoxy) is 2. The van der Waals surface area contributed by atoms with Gasteiger partial charge in [0.2, 0.25) is 0 Å². The minimum Gasteiger partial charge on any atom is -0.490 e. The standard InChI is InChI=1S/C16H19NO2/c1-12-11-16(13(2)10-15(12)17)19-9-8-18-14-6-4-3-5-7-14/h3-7,10-11H,8-9,17H2,1-2H3. The minimum absolute atomic E-state index is 0.513. The molecule has 0 heterocycles. The molecule has 0 aromatic heterocycles. The first-order valence-electron chi connectivity index (χ1n) is 6.34. The average molecular weight is 257 g/mol. The van der Waals surface area contributed by atoms with Gasteiger partial charge < -0.3 is 15.2 Å². The molecule has 19 heavy (non-hydrogen) atoms. The number of anilines is 1. The lowest BCUT2D eigenvalue weighted by molar-refractivity contribution is 0.216. The summed E-state index contributed by atoms with van der Waals surface area (Å²) >= 11 is 0. The van der Waals surface area contributed by atoms with E-state index in [-0.39, 0.29) is 0 Å². The molecule has 2 aromatic rings. The molecule has 0 unspecified atom stereocenters. The Labute approximate surface area is 114 Å². The van der Waals surface area contributed by atoms with Gasteiger partial charge in [0.15, 0.2) is 0 Å². The highest BCUT2D eigenvalue weighted by molar-refractivity contribution is 5.53. The van der Waals surface area contributed by atoms with E-state index in [0.717, 1.165) is 28.3 Å². The molecule has 0 fully saturated rings. The zero-order valence-corrected chi connectivity index (χ0v) is 11.3. The van der Waals surface area contributed by atoms with E-state index in [1.54, 1.807) is 0 Å². The molecule has 0 atom stereocenters. The van der Waals surface area contributed by atoms with E-state index in [1.165, 1.54) is 0 Å². The van der Waals surface area contributed by atoms with Crippen LogP contribution in [0.3, 0.4) is 0 Å². The molecule has 0 spiro atoms. The maximum Gasteiger partial charge on any atom is 0.122 e. The number of rotatable bonds is 5. The van der Waals surface area contributed by atoms with Gasteiger partial charge in [0.25, 0.3) is 0 Å². The second-order valence-electron chi connectivity index (χ2n) is 4.48. The van der Waals surface area contributed by atoms with Gasteiger partial charge in [-0.05, 0) is 49.2 Å². The van der Waals surface area contributed by atoms with Gasteiger partial charge in [0, 0.05) is 5.69 Å². The van der Waals surface area contributed by atoms with Crippen LogP contribution in [-0.4, -0.2) is 13.2 Å². The first-order chi connectivity index (χ1) is 9.16. The SMILES string of the molecule is Cc1cc(OCCOc2ccccc2)c(C)cc1N. The molecule has 0 bridgehead atoms. The fourth-order valence-corrected chi connectivity index (χ4v) is 1.80. The van der Waals surface area contributed by atoms with Crippen molar-refractivity contribution in [1.29, 1.82) is 0 Å². The summed E-state index contributed by atoms with van der Waals surface area (Å²) in [4.78, 5) is 0. The highest BCUT2D eigenvalue weighted by atomic mass is 16.5. The number of nitrogens with two attached hydrogens (primary N) is 1. The van der Waals surface area contributed by atoms with Crippen molar-refractivity contribution in [2.24, 2.45) is 0 Å². The van der Waals surface area contributed by atoms with E-state index < -0.39 is 0 Å². The highest BCUT2D eigenvalue weighted by Gasteiger charge is 2.03. The molecule has 2 aromatic carbocycles. The Hall–Kier alpha value is -2.16. The van der Waals surface area contributed by atoms with E-state index in [1.807, 2.05) is 56.3 Å². The monoisotopic (exact) mass is 257 g/mol. The van der Waals surface area contributed by atoms with Crippen LogP contribution in [0.2, 0.25) is 0 Å². The zero-order valence-electron chi connectivity index (χ0n) is 11.3. The molecule has 0 saturated carbocycles. The molecule has 0 aliphatic rings. The van der Waals surface area contributed by atoms with E-state index in [4.69, 9.17) is 15.2 Å². The van der Waals surface area contributed by atoms with Crippen LogP contribution in [0, 0.1) is 13.8 Å². The third-order valence-corrected chi connectivity index (χ3v) is 2.92. The van der Waals surface area contributed by atoms with Crippen molar-refractivity contribution in [2.75, 3.05) is 18.9 Å². The molecule has 0 saturated heterocycles. The number of aryl methyl sites for hydroxylation is 2. The summed E-state index contributed by atoms with van der Waals surface area (Å²) in [6.07, 6.45) is 0. The van der Waals surface area contributed by atoms with E-state index >= 15 is 0 Å². The Morgan fingerprint density at radius 1 is 0.895 bits per heavy atom. The summed E-state index contributed by atoms with van der Waals surface area (Å²) in [5, 5.41) is 0. The normalized spacial score (nSPS) is 10.2. The maximum atomic E-state index is 5.84. The van der Waals surface area contributed by atoms with E-state index in [9.17, 15) is 0 Å². The number of benzene rings is 2. The number of hydrogen-bond acceptors (Lipinski definition) is 3. The van der Waals surface area contributed by atoms with Crippen LogP contribution in [0.25, 0.3) is 0 Å². The van der Waals surface area contributed by atoms with Crippen molar-refractivity contribution >= 4 is 5.69 Å². The summed E-state index contributed by atoms with van der Waals surface area (Å²) in [5.41, 5.74) is 8.71. The van der Waals surface area contributed by atoms with Gasteiger partial charge in [-0.15, -0.1) is 0 Å². The van der Waals surface area contributed by atoms with Gasteiger partial charge in [-0.3, -0.25) is 0 Å². The van der Waals surface area contributed by atoms with Crippen LogP contribution >= 0.6 is 0 Å². The Bertz CT molecular complexity index is 538. The molecule has 2 rings (SSSR count). The average Bonchev–Trinajstić information content (AvgIpc) is 2.41. The van der Waals surface area contributed by atoms with Crippen molar-refractivity contribution in [3.63, 3.8) is 0 Å². The first kappa shape index (κ1) is 13.3. The second-order valence-corrected chi connectivity index (χ2v) is 4.48. The van der Waals surface area contributed by atoms with Crippen LogP contribution in [-0.2, 0) is 0 Å². The fraction of sp³-hybridized carbons (Fsp3) is 0.250. The van der Waals surface area contributed by atoms with Crippen LogP contribution < -0.4 is 15.2 Å². The van der Waals surface area contributed by atoms with Gasteiger partial charge in [0.1, 0.15) is 24.7 Å². The van der Waals surface area contributed by atoms with Crippen LogP contribution in [0.15, 0.2) is 42.5 Å². The number of hydrogen-bond donors (Lipinski definition) is 1. The lowest BCUT2D eigenvalue weighted by atomic mass is 10.1.